The van der Waals surface area contributed by atoms with Crippen LogP contribution < -0.4 is 5.73 Å². The van der Waals surface area contributed by atoms with Crippen LogP contribution in [-0.4, -0.2) is 16.3 Å². The Hall–Kier alpha value is -0.830. The first kappa shape index (κ1) is 10.3. The van der Waals surface area contributed by atoms with E-state index in [2.05, 4.69) is 25.9 Å². The van der Waals surface area contributed by atoms with E-state index in [1.165, 1.54) is 11.3 Å². The van der Waals surface area contributed by atoms with Crippen molar-refractivity contribution in [2.45, 2.75) is 27.2 Å². The number of hydrogen-bond donors (Lipinski definition) is 1. The Morgan fingerprint density at radius 2 is 2.15 bits per heavy atom. The van der Waals surface area contributed by atoms with Gasteiger partial charge in [-0.1, -0.05) is 13.8 Å². The Balaban J connectivity index is 2.80. The topological polar surface area (TPSA) is 43.8 Å². The molecule has 0 saturated carbocycles. The molecular formula is C10H19N3. The van der Waals surface area contributed by atoms with E-state index in [1.54, 1.807) is 0 Å². The van der Waals surface area contributed by atoms with Crippen LogP contribution in [0.4, 0.5) is 0 Å². The summed E-state index contributed by atoms with van der Waals surface area (Å²) in [4.78, 5) is 0. The van der Waals surface area contributed by atoms with Crippen molar-refractivity contribution in [2.24, 2.45) is 18.2 Å². The number of rotatable bonds is 3. The third kappa shape index (κ3) is 2.31. The number of aryl methyl sites for hydroxylation is 1. The van der Waals surface area contributed by atoms with Gasteiger partial charge in [0, 0.05) is 12.7 Å². The van der Waals surface area contributed by atoms with E-state index in [-0.39, 0.29) is 5.41 Å². The van der Waals surface area contributed by atoms with E-state index >= 15 is 0 Å². The van der Waals surface area contributed by atoms with Crippen molar-refractivity contribution in [3.05, 3.63) is 17.5 Å². The van der Waals surface area contributed by atoms with Crippen LogP contribution in [0.15, 0.2) is 6.20 Å². The lowest BCUT2D eigenvalue weighted by molar-refractivity contribution is 0.376. The maximum atomic E-state index is 5.68. The van der Waals surface area contributed by atoms with Crippen LogP contribution in [0.1, 0.15) is 25.1 Å². The van der Waals surface area contributed by atoms with Gasteiger partial charge in [-0.25, -0.2) is 0 Å². The van der Waals surface area contributed by atoms with Gasteiger partial charge in [0.1, 0.15) is 0 Å². The standard InChI is InChI=1S/C10H19N3/c1-8-9(6-12-13(8)4)5-10(2,3)7-11/h6H,5,7,11H2,1-4H3. The summed E-state index contributed by atoms with van der Waals surface area (Å²) in [6, 6.07) is 0. The third-order valence-electron chi connectivity index (χ3n) is 2.56. The molecule has 0 atom stereocenters. The molecule has 3 heteroatoms. The van der Waals surface area contributed by atoms with E-state index in [0.29, 0.717) is 6.54 Å². The molecule has 0 amide bonds. The van der Waals surface area contributed by atoms with E-state index < -0.39 is 0 Å². The van der Waals surface area contributed by atoms with Gasteiger partial charge in [0.05, 0.1) is 6.20 Å². The first-order valence-electron chi connectivity index (χ1n) is 4.64. The Morgan fingerprint density at radius 1 is 1.54 bits per heavy atom. The normalized spacial score (nSPS) is 12.1. The predicted octanol–water partition coefficient (Wildman–Crippen LogP) is 1.26. The van der Waals surface area contributed by atoms with Crippen molar-refractivity contribution in [3.8, 4) is 0 Å². The second-order valence-electron chi connectivity index (χ2n) is 4.42. The monoisotopic (exact) mass is 181 g/mol. The third-order valence-corrected chi connectivity index (χ3v) is 2.56. The molecule has 2 N–H and O–H groups in total. The lowest BCUT2D eigenvalue weighted by Crippen LogP contribution is -2.26. The highest BCUT2D eigenvalue weighted by Crippen LogP contribution is 2.21. The maximum Gasteiger partial charge on any atom is 0.0524 e. The highest BCUT2D eigenvalue weighted by atomic mass is 15.3. The van der Waals surface area contributed by atoms with Gasteiger partial charge in [-0.3, -0.25) is 4.68 Å². The second-order valence-corrected chi connectivity index (χ2v) is 4.42. The summed E-state index contributed by atoms with van der Waals surface area (Å²) in [5.74, 6) is 0. The molecule has 0 aliphatic heterocycles. The first-order valence-corrected chi connectivity index (χ1v) is 4.64. The van der Waals surface area contributed by atoms with Gasteiger partial charge in [-0.05, 0) is 30.9 Å². The molecule has 1 aromatic rings. The van der Waals surface area contributed by atoms with Gasteiger partial charge in [0.2, 0.25) is 0 Å². The Morgan fingerprint density at radius 3 is 2.54 bits per heavy atom. The molecular weight excluding hydrogens is 162 g/mol. The smallest absolute Gasteiger partial charge is 0.0524 e. The SMILES string of the molecule is Cc1c(CC(C)(C)CN)cnn1C. The molecule has 1 rings (SSSR count). The number of aromatic nitrogens is 2. The molecule has 0 bridgehead atoms. The molecule has 0 aliphatic rings. The quantitative estimate of drug-likeness (QED) is 0.763. The second kappa shape index (κ2) is 3.50. The van der Waals surface area contributed by atoms with Crippen molar-refractivity contribution >= 4 is 0 Å². The average Bonchev–Trinajstić information content (AvgIpc) is 2.36. The first-order chi connectivity index (χ1) is 5.96. The molecule has 0 saturated heterocycles. The minimum atomic E-state index is 0.174. The van der Waals surface area contributed by atoms with Gasteiger partial charge >= 0.3 is 0 Å². The number of nitrogens with two attached hydrogens (primary N) is 1. The molecule has 13 heavy (non-hydrogen) atoms. The van der Waals surface area contributed by atoms with Gasteiger partial charge in [-0.2, -0.15) is 5.10 Å². The highest BCUT2D eigenvalue weighted by molar-refractivity contribution is 5.17. The molecule has 1 heterocycles. The molecule has 0 aliphatic carbocycles. The van der Waals surface area contributed by atoms with E-state index in [0.717, 1.165) is 6.42 Å². The van der Waals surface area contributed by atoms with Crippen LogP contribution in [-0.2, 0) is 13.5 Å². The molecule has 0 unspecified atom stereocenters. The zero-order valence-corrected chi connectivity index (χ0v) is 8.96. The van der Waals surface area contributed by atoms with E-state index in [1.807, 2.05) is 17.9 Å². The van der Waals surface area contributed by atoms with Crippen molar-refractivity contribution in [1.29, 1.82) is 0 Å². The summed E-state index contributed by atoms with van der Waals surface area (Å²) in [7, 11) is 1.97. The zero-order valence-electron chi connectivity index (χ0n) is 8.96. The van der Waals surface area contributed by atoms with Crippen molar-refractivity contribution in [2.75, 3.05) is 6.54 Å². The van der Waals surface area contributed by atoms with Crippen molar-refractivity contribution in [3.63, 3.8) is 0 Å². The number of hydrogen-bond acceptors (Lipinski definition) is 2. The largest absolute Gasteiger partial charge is 0.330 e. The van der Waals surface area contributed by atoms with Crippen LogP contribution in [0.2, 0.25) is 0 Å². The molecule has 0 radical (unpaired) electrons. The van der Waals surface area contributed by atoms with Crippen LogP contribution in [0, 0.1) is 12.3 Å². The van der Waals surface area contributed by atoms with E-state index in [9.17, 15) is 0 Å². The Bertz CT molecular complexity index is 286. The summed E-state index contributed by atoms with van der Waals surface area (Å²) < 4.78 is 1.90. The lowest BCUT2D eigenvalue weighted by atomic mass is 9.86. The van der Waals surface area contributed by atoms with Gasteiger partial charge in [0.25, 0.3) is 0 Å². The molecule has 0 spiro atoms. The molecule has 0 fully saturated rings. The van der Waals surface area contributed by atoms with Gasteiger partial charge in [-0.15, -0.1) is 0 Å². The minimum absolute atomic E-state index is 0.174. The molecule has 0 aromatic carbocycles. The average molecular weight is 181 g/mol. The summed E-state index contributed by atoms with van der Waals surface area (Å²) in [6.45, 7) is 7.16. The fourth-order valence-electron chi connectivity index (χ4n) is 1.31. The lowest BCUT2D eigenvalue weighted by Gasteiger charge is -2.21. The fraction of sp³-hybridized carbons (Fsp3) is 0.700. The maximum absolute atomic E-state index is 5.68. The Labute approximate surface area is 79.9 Å². The zero-order chi connectivity index (χ0) is 10.1. The highest BCUT2D eigenvalue weighted by Gasteiger charge is 2.18. The summed E-state index contributed by atoms with van der Waals surface area (Å²) in [5, 5.41) is 4.21. The molecule has 3 nitrogen and oxygen atoms in total. The predicted molar refractivity (Wildman–Crippen MR) is 54.5 cm³/mol. The minimum Gasteiger partial charge on any atom is -0.330 e. The Kier molecular flexibility index (Phi) is 2.76. The van der Waals surface area contributed by atoms with Crippen LogP contribution >= 0.6 is 0 Å². The van der Waals surface area contributed by atoms with Crippen molar-refractivity contribution in [1.82, 2.24) is 9.78 Å². The fourth-order valence-corrected chi connectivity index (χ4v) is 1.31. The molecule has 74 valence electrons. The van der Waals surface area contributed by atoms with Gasteiger partial charge < -0.3 is 5.73 Å². The number of nitrogens with zero attached hydrogens (tertiary/aromatic N) is 2. The summed E-state index contributed by atoms with van der Waals surface area (Å²) >= 11 is 0. The summed E-state index contributed by atoms with van der Waals surface area (Å²) in [5.41, 5.74) is 8.40. The van der Waals surface area contributed by atoms with Crippen LogP contribution in [0.5, 0.6) is 0 Å². The van der Waals surface area contributed by atoms with E-state index in [4.69, 9.17) is 5.73 Å². The van der Waals surface area contributed by atoms with Gasteiger partial charge in [0.15, 0.2) is 0 Å². The van der Waals surface area contributed by atoms with Crippen LogP contribution in [0.25, 0.3) is 0 Å². The molecule has 1 aromatic heterocycles. The summed E-state index contributed by atoms with van der Waals surface area (Å²) in [6.07, 6.45) is 2.94. The van der Waals surface area contributed by atoms with Crippen molar-refractivity contribution < 1.29 is 0 Å². The van der Waals surface area contributed by atoms with Crippen LogP contribution in [0.3, 0.4) is 0 Å².